The Hall–Kier alpha value is -1.20. The van der Waals surface area contributed by atoms with Crippen molar-refractivity contribution in [1.29, 1.82) is 0 Å². The highest BCUT2D eigenvalue weighted by Gasteiger charge is 2.25. The van der Waals surface area contributed by atoms with Gasteiger partial charge in [0.15, 0.2) is 11.8 Å². The van der Waals surface area contributed by atoms with Crippen molar-refractivity contribution in [2.45, 2.75) is 45.7 Å². The molecule has 1 aliphatic rings. The molecule has 3 heterocycles. The zero-order valence-electron chi connectivity index (χ0n) is 18.0. The van der Waals surface area contributed by atoms with Crippen molar-refractivity contribution < 1.29 is 0 Å². The van der Waals surface area contributed by atoms with Crippen LogP contribution in [0.1, 0.15) is 36.3 Å². The van der Waals surface area contributed by atoms with Gasteiger partial charge >= 0.3 is 0 Å². The molecule has 0 bridgehead atoms. The summed E-state index contributed by atoms with van der Waals surface area (Å²) in [6, 6.07) is 4.90. The molecule has 0 aliphatic carbocycles. The maximum absolute atomic E-state index is 4.87. The first-order valence-electron chi connectivity index (χ1n) is 10.2. The van der Waals surface area contributed by atoms with E-state index in [1.807, 2.05) is 18.5 Å². The molecule has 7 nitrogen and oxygen atoms in total. The first-order valence-corrected chi connectivity index (χ1v) is 11.1. The summed E-state index contributed by atoms with van der Waals surface area (Å²) < 4.78 is 2.00. The molecule has 9 heteroatoms. The number of aryl methyl sites for hydroxylation is 1. The number of guanidine groups is 1. The van der Waals surface area contributed by atoms with Gasteiger partial charge in [-0.15, -0.1) is 45.5 Å². The maximum Gasteiger partial charge on any atom is 0.194 e. The van der Waals surface area contributed by atoms with E-state index in [0.29, 0.717) is 12.6 Å². The van der Waals surface area contributed by atoms with E-state index in [1.165, 1.54) is 24.3 Å². The molecule has 2 aromatic rings. The van der Waals surface area contributed by atoms with Gasteiger partial charge in [0.1, 0.15) is 12.4 Å². The van der Waals surface area contributed by atoms with Crippen molar-refractivity contribution in [3.05, 3.63) is 34.0 Å². The molecule has 0 saturated carbocycles. The van der Waals surface area contributed by atoms with E-state index < -0.39 is 0 Å². The van der Waals surface area contributed by atoms with Crippen LogP contribution in [0.25, 0.3) is 0 Å². The molecule has 0 radical (unpaired) electrons. The minimum atomic E-state index is 0. The number of aromatic nitrogens is 3. The second kappa shape index (κ2) is 11.8. The molecular formula is C20H34IN7S. The quantitative estimate of drug-likeness (QED) is 0.323. The molecule has 1 saturated heterocycles. The minimum Gasteiger partial charge on any atom is -0.356 e. The topological polar surface area (TPSA) is 61.6 Å². The van der Waals surface area contributed by atoms with Gasteiger partial charge < -0.3 is 14.8 Å². The van der Waals surface area contributed by atoms with Crippen LogP contribution in [0.5, 0.6) is 0 Å². The molecule has 1 unspecified atom stereocenters. The summed E-state index contributed by atoms with van der Waals surface area (Å²) in [7, 11) is 4.14. The minimum absolute atomic E-state index is 0. The van der Waals surface area contributed by atoms with Crippen molar-refractivity contribution in [2.24, 2.45) is 12.0 Å². The van der Waals surface area contributed by atoms with Crippen molar-refractivity contribution in [3.63, 3.8) is 0 Å². The zero-order valence-corrected chi connectivity index (χ0v) is 21.1. The smallest absolute Gasteiger partial charge is 0.194 e. The monoisotopic (exact) mass is 531 g/mol. The second-order valence-corrected chi connectivity index (χ2v) is 8.46. The Labute approximate surface area is 195 Å². The summed E-state index contributed by atoms with van der Waals surface area (Å²) in [5.41, 5.74) is 0. The molecule has 29 heavy (non-hydrogen) atoms. The molecule has 0 spiro atoms. The van der Waals surface area contributed by atoms with Crippen molar-refractivity contribution >= 4 is 41.3 Å². The van der Waals surface area contributed by atoms with Gasteiger partial charge in [-0.1, -0.05) is 13.0 Å². The lowest BCUT2D eigenvalue weighted by Gasteiger charge is -2.30. The largest absolute Gasteiger partial charge is 0.356 e. The second-order valence-electron chi connectivity index (χ2n) is 7.42. The molecule has 1 atom stereocenters. The van der Waals surface area contributed by atoms with Gasteiger partial charge in [0.05, 0.1) is 0 Å². The number of nitrogens with zero attached hydrogens (tertiary/aromatic N) is 6. The average Bonchev–Trinajstić information content (AvgIpc) is 3.42. The zero-order chi connectivity index (χ0) is 19.9. The predicted octanol–water partition coefficient (Wildman–Crippen LogP) is 2.91. The summed E-state index contributed by atoms with van der Waals surface area (Å²) in [6.45, 7) is 8.96. The van der Waals surface area contributed by atoms with Gasteiger partial charge in [0.25, 0.3) is 0 Å². The van der Waals surface area contributed by atoms with Gasteiger partial charge in [-0.3, -0.25) is 4.90 Å². The van der Waals surface area contributed by atoms with Crippen LogP contribution in [0.15, 0.2) is 22.5 Å². The number of thiophene rings is 1. The predicted molar refractivity (Wildman–Crippen MR) is 131 cm³/mol. The van der Waals surface area contributed by atoms with E-state index >= 15 is 0 Å². The molecule has 1 aliphatic heterocycles. The van der Waals surface area contributed by atoms with Crippen molar-refractivity contribution in [2.75, 3.05) is 33.2 Å². The normalized spacial score (nSPS) is 17.4. The molecule has 0 amide bonds. The molecule has 2 aromatic heterocycles. The van der Waals surface area contributed by atoms with Crippen LogP contribution in [0.3, 0.4) is 0 Å². The van der Waals surface area contributed by atoms with Gasteiger partial charge in [0.2, 0.25) is 0 Å². The molecule has 3 rings (SSSR count). The lowest BCUT2D eigenvalue weighted by Crippen LogP contribution is -2.46. The lowest BCUT2D eigenvalue weighted by atomic mass is 10.2. The maximum atomic E-state index is 4.87. The summed E-state index contributed by atoms with van der Waals surface area (Å²) in [5.74, 6) is 2.75. The Morgan fingerprint density at radius 2 is 2.24 bits per heavy atom. The van der Waals surface area contributed by atoms with E-state index in [9.17, 15) is 0 Å². The van der Waals surface area contributed by atoms with Gasteiger partial charge in [-0.05, 0) is 50.7 Å². The van der Waals surface area contributed by atoms with E-state index in [-0.39, 0.29) is 24.0 Å². The van der Waals surface area contributed by atoms with Crippen LogP contribution in [0.2, 0.25) is 0 Å². The van der Waals surface area contributed by atoms with Crippen molar-refractivity contribution in [3.8, 4) is 0 Å². The SMILES string of the molecule is CCN1CCCC1CN(C)C(=NCc1nnc(C)n1C)NCCc1cccs1.I. The Morgan fingerprint density at radius 1 is 1.41 bits per heavy atom. The summed E-state index contributed by atoms with van der Waals surface area (Å²) in [4.78, 5) is 11.1. The average molecular weight is 532 g/mol. The van der Waals surface area contributed by atoms with Crippen LogP contribution in [-0.2, 0) is 20.0 Å². The highest BCUT2D eigenvalue weighted by atomic mass is 127. The molecule has 162 valence electrons. The van der Waals surface area contributed by atoms with E-state index in [0.717, 1.165) is 43.7 Å². The molecular weight excluding hydrogens is 497 g/mol. The third-order valence-electron chi connectivity index (χ3n) is 5.54. The fourth-order valence-corrected chi connectivity index (χ4v) is 4.43. The Morgan fingerprint density at radius 3 is 2.90 bits per heavy atom. The van der Waals surface area contributed by atoms with E-state index in [2.05, 4.69) is 56.8 Å². The van der Waals surface area contributed by atoms with Gasteiger partial charge in [-0.25, -0.2) is 4.99 Å². The number of halogens is 1. The van der Waals surface area contributed by atoms with E-state index in [4.69, 9.17) is 4.99 Å². The molecule has 0 aromatic carbocycles. The number of aliphatic imine (C=N–C) groups is 1. The highest BCUT2D eigenvalue weighted by Crippen LogP contribution is 2.17. The first kappa shape index (κ1) is 24.1. The Balaban J connectivity index is 0.00000300. The summed E-state index contributed by atoms with van der Waals surface area (Å²) in [5, 5.41) is 14.1. The third kappa shape index (κ3) is 6.65. The number of likely N-dealkylation sites (tertiary alicyclic amines) is 1. The Kier molecular flexibility index (Phi) is 9.84. The van der Waals surface area contributed by atoms with Crippen LogP contribution < -0.4 is 5.32 Å². The molecule has 1 N–H and O–H groups in total. The molecule has 1 fully saturated rings. The van der Waals surface area contributed by atoms with Crippen LogP contribution >= 0.6 is 35.3 Å². The van der Waals surface area contributed by atoms with Crippen LogP contribution in [-0.4, -0.2) is 69.8 Å². The lowest BCUT2D eigenvalue weighted by molar-refractivity contribution is 0.232. The highest BCUT2D eigenvalue weighted by molar-refractivity contribution is 14.0. The summed E-state index contributed by atoms with van der Waals surface area (Å²) >= 11 is 1.81. The van der Waals surface area contributed by atoms with E-state index in [1.54, 1.807) is 11.3 Å². The standard InChI is InChI=1S/C20H33N7S.HI/c1-5-27-12-6-8-17(27)15-25(3)20(21-11-10-18-9-7-13-28-18)22-14-19-24-23-16(2)26(19)4;/h7,9,13,17H,5-6,8,10-12,14-15H2,1-4H3,(H,21,22);1H. The van der Waals surface area contributed by atoms with Crippen molar-refractivity contribution in [1.82, 2.24) is 29.9 Å². The van der Waals surface area contributed by atoms with Crippen LogP contribution in [0, 0.1) is 6.92 Å². The van der Waals surface area contributed by atoms with Gasteiger partial charge in [-0.2, -0.15) is 0 Å². The van der Waals surface area contributed by atoms with Gasteiger partial charge in [0, 0.05) is 38.1 Å². The summed E-state index contributed by atoms with van der Waals surface area (Å²) in [6.07, 6.45) is 3.57. The number of nitrogens with one attached hydrogen (secondary N) is 1. The third-order valence-corrected chi connectivity index (χ3v) is 6.48. The first-order chi connectivity index (χ1) is 13.6. The fraction of sp³-hybridized carbons (Fsp3) is 0.650. The Bertz CT molecular complexity index is 759. The number of rotatable bonds is 8. The van der Waals surface area contributed by atoms with Crippen LogP contribution in [0.4, 0.5) is 0 Å². The number of likely N-dealkylation sites (N-methyl/N-ethyl adjacent to an activating group) is 2. The number of hydrogen-bond donors (Lipinski definition) is 1. The fourth-order valence-electron chi connectivity index (χ4n) is 3.72. The number of hydrogen-bond acceptors (Lipinski definition) is 5.